The molecule has 104 valence electrons. The molecule has 0 bridgehead atoms. The van der Waals surface area contributed by atoms with Crippen LogP contribution in [0.25, 0.3) is 0 Å². The van der Waals surface area contributed by atoms with Crippen LogP contribution in [0, 0.1) is 0 Å². The van der Waals surface area contributed by atoms with E-state index in [1.165, 1.54) is 0 Å². The summed E-state index contributed by atoms with van der Waals surface area (Å²) in [6.07, 6.45) is 2.78. The van der Waals surface area contributed by atoms with Crippen LogP contribution in [-0.2, 0) is 13.3 Å². The maximum atomic E-state index is 5.86. The largest absolute Gasteiger partial charge is 0.503 e. The van der Waals surface area contributed by atoms with E-state index >= 15 is 0 Å². The van der Waals surface area contributed by atoms with E-state index < -0.39 is 13.6 Å². The second-order valence-electron chi connectivity index (χ2n) is 3.82. The van der Waals surface area contributed by atoms with Crippen LogP contribution >= 0.6 is 23.2 Å². The summed E-state index contributed by atoms with van der Waals surface area (Å²) in [7, 11) is -2.69. The van der Waals surface area contributed by atoms with E-state index in [4.69, 9.17) is 36.5 Å². The maximum absolute atomic E-state index is 5.86. The van der Waals surface area contributed by atoms with Crippen molar-refractivity contribution in [3.8, 4) is 0 Å². The van der Waals surface area contributed by atoms with Crippen molar-refractivity contribution in [3.05, 3.63) is 0 Å². The Balaban J connectivity index is 4.51. The Morgan fingerprint density at radius 2 is 1.18 bits per heavy atom. The molecule has 3 nitrogen and oxygen atoms in total. The molecule has 0 N–H and O–H groups in total. The van der Waals surface area contributed by atoms with Crippen molar-refractivity contribution in [2.24, 2.45) is 0 Å². The normalized spacial score (nSPS) is 12.4. The lowest BCUT2D eigenvalue weighted by Gasteiger charge is -2.29. The van der Waals surface area contributed by atoms with Crippen molar-refractivity contribution in [2.45, 2.75) is 50.9 Å². The zero-order valence-electron chi connectivity index (χ0n) is 11.0. The highest BCUT2D eigenvalue weighted by atomic mass is 35.5. The van der Waals surface area contributed by atoms with Crippen LogP contribution in [0.15, 0.2) is 0 Å². The Bertz CT molecular complexity index is 160. The molecule has 0 unspecified atom stereocenters. The first kappa shape index (κ1) is 17.7. The van der Waals surface area contributed by atoms with Gasteiger partial charge in [0.25, 0.3) is 0 Å². The van der Waals surface area contributed by atoms with Gasteiger partial charge in [-0.05, 0) is 19.3 Å². The van der Waals surface area contributed by atoms with Gasteiger partial charge in [0, 0.05) is 25.9 Å². The Labute approximate surface area is 116 Å². The van der Waals surface area contributed by atoms with E-state index in [0.717, 1.165) is 19.3 Å². The van der Waals surface area contributed by atoms with Crippen molar-refractivity contribution >= 4 is 32.0 Å². The van der Waals surface area contributed by atoms with Gasteiger partial charge >= 0.3 is 8.80 Å². The molecule has 0 heterocycles. The first-order chi connectivity index (χ1) is 8.10. The SMILES string of the molecule is CCCO[Si](CC(Cl)Cl)(OCCC)OCCC. The van der Waals surface area contributed by atoms with E-state index in [1.807, 2.05) is 0 Å². The molecule has 0 spiro atoms. The average Bonchev–Trinajstić information content (AvgIpc) is 2.30. The molecule has 0 aliphatic carbocycles. The highest BCUT2D eigenvalue weighted by molar-refractivity contribution is 6.64. The monoisotopic (exact) mass is 302 g/mol. The van der Waals surface area contributed by atoms with E-state index in [2.05, 4.69) is 20.8 Å². The number of hydrogen-bond donors (Lipinski definition) is 0. The van der Waals surface area contributed by atoms with Gasteiger partial charge in [-0.2, -0.15) is 0 Å². The Morgan fingerprint density at radius 3 is 1.41 bits per heavy atom. The van der Waals surface area contributed by atoms with Gasteiger partial charge in [-0.25, -0.2) is 0 Å². The molecule has 0 fully saturated rings. The molecule has 0 atom stereocenters. The van der Waals surface area contributed by atoms with Gasteiger partial charge in [0.05, 0.1) is 0 Å². The summed E-state index contributed by atoms with van der Waals surface area (Å²) in [5.74, 6) is 0. The maximum Gasteiger partial charge on any atom is 0.503 e. The van der Waals surface area contributed by atoms with Crippen LogP contribution in [0.5, 0.6) is 0 Å². The van der Waals surface area contributed by atoms with Gasteiger partial charge in [-0.1, -0.05) is 20.8 Å². The van der Waals surface area contributed by atoms with Crippen LogP contribution in [-0.4, -0.2) is 33.5 Å². The third kappa shape index (κ3) is 8.40. The Kier molecular flexibility index (Phi) is 11.0. The lowest BCUT2D eigenvalue weighted by atomic mass is 10.5. The lowest BCUT2D eigenvalue weighted by molar-refractivity contribution is 0.0601. The molecule has 0 rings (SSSR count). The fourth-order valence-electron chi connectivity index (χ4n) is 1.26. The minimum atomic E-state index is -2.69. The quantitative estimate of drug-likeness (QED) is 0.426. The average molecular weight is 303 g/mol. The lowest BCUT2D eigenvalue weighted by Crippen LogP contribution is -2.47. The van der Waals surface area contributed by atoms with Gasteiger partial charge in [0.2, 0.25) is 0 Å². The second-order valence-corrected chi connectivity index (χ2v) is 7.74. The minimum Gasteiger partial charge on any atom is -0.373 e. The fraction of sp³-hybridized carbons (Fsp3) is 1.00. The molecule has 0 radical (unpaired) electrons. The highest BCUT2D eigenvalue weighted by Gasteiger charge is 2.42. The zero-order valence-corrected chi connectivity index (χ0v) is 13.5. The third-order valence-electron chi connectivity index (χ3n) is 1.98. The summed E-state index contributed by atoms with van der Waals surface area (Å²) in [6, 6.07) is 0.454. The van der Waals surface area contributed by atoms with Gasteiger partial charge in [-0.15, -0.1) is 23.2 Å². The topological polar surface area (TPSA) is 27.7 Å². The molecule has 6 heteroatoms. The molecule has 0 aromatic rings. The smallest absolute Gasteiger partial charge is 0.373 e. The summed E-state index contributed by atoms with van der Waals surface area (Å²) in [5.41, 5.74) is 0. The number of halogens is 2. The number of hydrogen-bond acceptors (Lipinski definition) is 3. The molecule has 0 aromatic carbocycles. The third-order valence-corrected chi connectivity index (χ3v) is 5.65. The summed E-state index contributed by atoms with van der Waals surface area (Å²) >= 11 is 11.7. The molecule has 0 aliphatic rings. The zero-order chi connectivity index (χ0) is 13.1. The van der Waals surface area contributed by atoms with Crippen molar-refractivity contribution < 1.29 is 13.3 Å². The Morgan fingerprint density at radius 1 is 0.824 bits per heavy atom. The van der Waals surface area contributed by atoms with Crippen molar-refractivity contribution in [1.82, 2.24) is 0 Å². The highest BCUT2D eigenvalue weighted by Crippen LogP contribution is 2.24. The van der Waals surface area contributed by atoms with Crippen molar-refractivity contribution in [3.63, 3.8) is 0 Å². The molecule has 0 saturated heterocycles. The van der Waals surface area contributed by atoms with Gasteiger partial charge in [0.1, 0.15) is 4.84 Å². The number of rotatable bonds is 11. The molecule has 17 heavy (non-hydrogen) atoms. The summed E-state index contributed by atoms with van der Waals surface area (Å²) in [6.45, 7) is 8.04. The first-order valence-electron chi connectivity index (χ1n) is 6.30. The molecular formula is C11H24Cl2O3Si. The number of alkyl halides is 2. The second kappa shape index (κ2) is 10.6. The van der Waals surface area contributed by atoms with Crippen LogP contribution in [0.4, 0.5) is 0 Å². The fourth-order valence-corrected chi connectivity index (χ4v) is 4.92. The van der Waals surface area contributed by atoms with Crippen LogP contribution < -0.4 is 0 Å². The van der Waals surface area contributed by atoms with E-state index in [-0.39, 0.29) is 0 Å². The summed E-state index contributed by atoms with van der Waals surface area (Å²) in [4.78, 5) is -0.507. The summed E-state index contributed by atoms with van der Waals surface area (Å²) in [5, 5.41) is 0. The molecule has 0 saturated carbocycles. The van der Waals surface area contributed by atoms with Gasteiger partial charge < -0.3 is 13.3 Å². The van der Waals surface area contributed by atoms with Crippen molar-refractivity contribution in [2.75, 3.05) is 19.8 Å². The van der Waals surface area contributed by atoms with Crippen LogP contribution in [0.3, 0.4) is 0 Å². The van der Waals surface area contributed by atoms with Gasteiger partial charge in [-0.3, -0.25) is 0 Å². The van der Waals surface area contributed by atoms with Gasteiger partial charge in [0.15, 0.2) is 0 Å². The minimum absolute atomic E-state index is 0.454. The van der Waals surface area contributed by atoms with Crippen LogP contribution in [0.1, 0.15) is 40.0 Å². The first-order valence-corrected chi connectivity index (χ1v) is 9.10. The van der Waals surface area contributed by atoms with E-state index in [0.29, 0.717) is 25.9 Å². The molecular weight excluding hydrogens is 279 g/mol. The molecule has 0 aromatic heterocycles. The van der Waals surface area contributed by atoms with E-state index in [9.17, 15) is 0 Å². The standard InChI is InChI=1S/C11H24Cl2O3Si/c1-4-7-14-17(10-11(12)13,15-8-5-2)16-9-6-3/h11H,4-10H2,1-3H3. The molecule has 0 amide bonds. The molecule has 0 aliphatic heterocycles. The van der Waals surface area contributed by atoms with Crippen LogP contribution in [0.2, 0.25) is 6.04 Å². The Hall–Kier alpha value is 0.677. The predicted octanol–water partition coefficient (Wildman–Crippen LogP) is 4.01. The van der Waals surface area contributed by atoms with Crippen molar-refractivity contribution in [1.29, 1.82) is 0 Å². The van der Waals surface area contributed by atoms with E-state index in [1.54, 1.807) is 0 Å². The predicted molar refractivity (Wildman–Crippen MR) is 74.8 cm³/mol. The summed E-state index contributed by atoms with van der Waals surface area (Å²) < 4.78 is 17.5.